The number of halogens is 1. The topological polar surface area (TPSA) is 99.9 Å². The lowest BCUT2D eigenvalue weighted by atomic mass is 9.90. The molecule has 0 amide bonds. The Hall–Kier alpha value is -5.20. The van der Waals surface area contributed by atoms with E-state index in [-0.39, 0.29) is 13.2 Å². The smallest absolute Gasteiger partial charge is 0.191 e. The van der Waals surface area contributed by atoms with Crippen LogP contribution < -0.4 is 14.2 Å². The van der Waals surface area contributed by atoms with Crippen LogP contribution >= 0.6 is 11.6 Å². The minimum Gasteiger partial charge on any atom is -0.489 e. The summed E-state index contributed by atoms with van der Waals surface area (Å²) >= 11 is 6.57. The van der Waals surface area contributed by atoms with Crippen molar-refractivity contribution >= 4 is 17.9 Å². The van der Waals surface area contributed by atoms with Crippen LogP contribution in [0, 0.1) is 25.2 Å². The van der Waals surface area contributed by atoms with Crippen molar-refractivity contribution in [3.8, 4) is 45.6 Å². The molecule has 1 aromatic heterocycles. The molecule has 0 atom stereocenters. The number of ether oxygens (including phenoxy) is 5. The Morgan fingerprint density at radius 1 is 0.800 bits per heavy atom. The predicted octanol–water partition coefficient (Wildman–Crippen LogP) is 9.31. The summed E-state index contributed by atoms with van der Waals surface area (Å²) in [6.07, 6.45) is 3.39. The molecule has 0 saturated heterocycles. The van der Waals surface area contributed by atoms with E-state index in [1.165, 1.54) is 6.20 Å². The molecule has 0 aliphatic carbocycles. The summed E-state index contributed by atoms with van der Waals surface area (Å²) in [7, 11) is 0. The number of hydrogen-bond donors (Lipinski definition) is 0. The zero-order valence-corrected chi connectivity index (χ0v) is 29.3. The third-order valence-corrected chi connectivity index (χ3v) is 8.52. The van der Waals surface area contributed by atoms with Crippen LogP contribution in [0.15, 0.2) is 91.3 Å². The maximum Gasteiger partial charge on any atom is 0.191 e. The normalized spacial score (nSPS) is 10.9. The molecule has 5 aromatic rings. The maximum atomic E-state index is 11.8. The lowest BCUT2D eigenvalue weighted by Crippen LogP contribution is -2.25. The third-order valence-electron chi connectivity index (χ3n) is 8.17. The standard InChI is InChI=1S/C41H39ClN2O6/c1-5-46-41(47-6-2)26-48-34-15-13-31(14-16-34)35-9-7-10-36(27(35)3)37-11-8-12-39(28(37)4)50-25-33-19-40(32(23-45)18-38(33)42)49-24-30-17-29(20-43)21-44-22-30/h7-19,21-23,41H,5-6,24-26H2,1-4H3. The lowest BCUT2D eigenvalue weighted by molar-refractivity contribution is -0.152. The van der Waals surface area contributed by atoms with E-state index in [0.717, 1.165) is 39.1 Å². The monoisotopic (exact) mass is 690 g/mol. The van der Waals surface area contributed by atoms with E-state index >= 15 is 0 Å². The second-order valence-corrected chi connectivity index (χ2v) is 11.9. The fraction of sp³-hybridized carbons (Fsp3) is 0.244. The van der Waals surface area contributed by atoms with E-state index in [1.54, 1.807) is 24.4 Å². The molecule has 0 aliphatic heterocycles. The van der Waals surface area contributed by atoms with Crippen LogP contribution in [0.4, 0.5) is 0 Å². The molecule has 8 nitrogen and oxygen atoms in total. The van der Waals surface area contributed by atoms with Crippen LogP contribution in [-0.4, -0.2) is 37.4 Å². The molecule has 0 saturated carbocycles. The van der Waals surface area contributed by atoms with Gasteiger partial charge in [0.1, 0.15) is 43.1 Å². The van der Waals surface area contributed by atoms with Crippen LogP contribution in [0.3, 0.4) is 0 Å². The van der Waals surface area contributed by atoms with Crippen molar-refractivity contribution in [1.82, 2.24) is 4.98 Å². The Labute approximate surface area is 298 Å². The van der Waals surface area contributed by atoms with Crippen molar-refractivity contribution in [3.05, 3.63) is 130 Å². The highest BCUT2D eigenvalue weighted by Gasteiger charge is 2.16. The van der Waals surface area contributed by atoms with E-state index in [0.29, 0.717) is 64.9 Å². The number of benzene rings is 4. The van der Waals surface area contributed by atoms with Crippen LogP contribution in [0.5, 0.6) is 17.2 Å². The van der Waals surface area contributed by atoms with Gasteiger partial charge in [0.15, 0.2) is 12.6 Å². The summed E-state index contributed by atoms with van der Waals surface area (Å²) in [4.78, 5) is 15.9. The molecular weight excluding hydrogens is 652 g/mol. The quantitative estimate of drug-likeness (QED) is 0.0746. The SMILES string of the molecule is CCOC(COc1ccc(-c2cccc(-c3cccc(OCc4cc(OCc5cncc(C#N)c5)c(C=O)cc4Cl)c3C)c2C)cc1)OCC. The predicted molar refractivity (Wildman–Crippen MR) is 194 cm³/mol. The van der Waals surface area contributed by atoms with Gasteiger partial charge < -0.3 is 23.7 Å². The third kappa shape index (κ3) is 8.87. The van der Waals surface area contributed by atoms with Crippen LogP contribution in [0.1, 0.15) is 52.0 Å². The molecule has 0 radical (unpaired) electrons. The van der Waals surface area contributed by atoms with Gasteiger partial charge in [-0.05, 0) is 97.5 Å². The maximum absolute atomic E-state index is 11.8. The molecule has 1 heterocycles. The number of nitrogens with zero attached hydrogens (tertiary/aromatic N) is 2. The fourth-order valence-electron chi connectivity index (χ4n) is 5.60. The minimum absolute atomic E-state index is 0.131. The van der Waals surface area contributed by atoms with Gasteiger partial charge in [0.05, 0.1) is 11.1 Å². The lowest BCUT2D eigenvalue weighted by Gasteiger charge is -2.18. The van der Waals surface area contributed by atoms with E-state index in [2.05, 4.69) is 54.4 Å². The number of carbonyl (C=O) groups is 1. The first-order chi connectivity index (χ1) is 24.3. The average Bonchev–Trinajstić information content (AvgIpc) is 3.14. The molecule has 9 heteroatoms. The Bertz CT molecular complexity index is 1970. The van der Waals surface area contributed by atoms with Crippen LogP contribution in [0.25, 0.3) is 22.3 Å². The van der Waals surface area contributed by atoms with Gasteiger partial charge in [-0.2, -0.15) is 5.26 Å². The number of carbonyl (C=O) groups excluding carboxylic acids is 1. The highest BCUT2D eigenvalue weighted by molar-refractivity contribution is 6.31. The van der Waals surface area contributed by atoms with Crippen molar-refractivity contribution < 1.29 is 28.5 Å². The van der Waals surface area contributed by atoms with Gasteiger partial charge in [-0.3, -0.25) is 9.78 Å². The van der Waals surface area contributed by atoms with E-state index in [4.69, 9.17) is 40.5 Å². The van der Waals surface area contributed by atoms with Gasteiger partial charge in [-0.1, -0.05) is 54.1 Å². The summed E-state index contributed by atoms with van der Waals surface area (Å²) in [6, 6.07) is 27.4. The van der Waals surface area contributed by atoms with Crippen molar-refractivity contribution in [3.63, 3.8) is 0 Å². The van der Waals surface area contributed by atoms with Crippen molar-refractivity contribution in [1.29, 1.82) is 5.26 Å². The van der Waals surface area contributed by atoms with Gasteiger partial charge in [0.25, 0.3) is 0 Å². The fourth-order valence-corrected chi connectivity index (χ4v) is 5.82. The molecule has 50 heavy (non-hydrogen) atoms. The van der Waals surface area contributed by atoms with Gasteiger partial charge >= 0.3 is 0 Å². The summed E-state index contributed by atoms with van der Waals surface area (Å²) in [5.74, 6) is 1.82. The number of aromatic nitrogens is 1. The number of pyridine rings is 1. The molecule has 4 aromatic carbocycles. The zero-order valence-electron chi connectivity index (χ0n) is 28.6. The first kappa shape index (κ1) is 36.1. The van der Waals surface area contributed by atoms with E-state index in [1.807, 2.05) is 45.0 Å². The molecular formula is C41H39ClN2O6. The molecule has 0 unspecified atom stereocenters. The first-order valence-corrected chi connectivity index (χ1v) is 16.8. The van der Waals surface area contributed by atoms with Gasteiger partial charge in [-0.25, -0.2) is 0 Å². The average molecular weight is 691 g/mol. The summed E-state index contributed by atoms with van der Waals surface area (Å²) in [6.45, 7) is 9.74. The van der Waals surface area contributed by atoms with Crippen LogP contribution in [-0.2, 0) is 22.7 Å². The highest BCUT2D eigenvalue weighted by Crippen LogP contribution is 2.37. The number of nitriles is 1. The zero-order chi connectivity index (χ0) is 35.5. The summed E-state index contributed by atoms with van der Waals surface area (Å²) in [5, 5.41) is 9.56. The van der Waals surface area contributed by atoms with Gasteiger partial charge in [-0.15, -0.1) is 0 Å². The minimum atomic E-state index is -0.401. The van der Waals surface area contributed by atoms with Gasteiger partial charge in [0.2, 0.25) is 0 Å². The Kier molecular flexibility index (Phi) is 12.6. The van der Waals surface area contributed by atoms with Crippen molar-refractivity contribution in [2.24, 2.45) is 0 Å². The first-order valence-electron chi connectivity index (χ1n) is 16.4. The Balaban J connectivity index is 1.31. The number of hydrogen-bond acceptors (Lipinski definition) is 8. The number of rotatable bonds is 16. The molecule has 256 valence electrons. The second kappa shape index (κ2) is 17.5. The molecule has 0 N–H and O–H groups in total. The summed E-state index contributed by atoms with van der Waals surface area (Å²) < 4.78 is 29.4. The molecule has 0 bridgehead atoms. The molecule has 5 rings (SSSR count). The highest BCUT2D eigenvalue weighted by atomic mass is 35.5. The Morgan fingerprint density at radius 3 is 2.18 bits per heavy atom. The number of aldehydes is 1. The largest absolute Gasteiger partial charge is 0.489 e. The van der Waals surface area contributed by atoms with Crippen molar-refractivity contribution in [2.45, 2.75) is 47.2 Å². The van der Waals surface area contributed by atoms with Crippen molar-refractivity contribution in [2.75, 3.05) is 19.8 Å². The second-order valence-electron chi connectivity index (χ2n) is 11.5. The Morgan fingerprint density at radius 2 is 1.48 bits per heavy atom. The van der Waals surface area contributed by atoms with Gasteiger partial charge in [0, 0.05) is 41.8 Å². The van der Waals surface area contributed by atoms with E-state index in [9.17, 15) is 4.79 Å². The molecule has 0 aliphatic rings. The van der Waals surface area contributed by atoms with Crippen LogP contribution in [0.2, 0.25) is 5.02 Å². The molecule has 0 spiro atoms. The summed E-state index contributed by atoms with van der Waals surface area (Å²) in [5.41, 5.74) is 8.58. The molecule has 0 fully saturated rings. The van der Waals surface area contributed by atoms with E-state index < -0.39 is 6.29 Å².